The summed E-state index contributed by atoms with van der Waals surface area (Å²) in [5, 5.41) is 8.27. The van der Waals surface area contributed by atoms with Crippen LogP contribution < -0.4 is 5.32 Å². The summed E-state index contributed by atoms with van der Waals surface area (Å²) in [5.74, 6) is 0.391. The molecule has 38 heavy (non-hydrogen) atoms. The van der Waals surface area contributed by atoms with Gasteiger partial charge >= 0.3 is 12.4 Å². The monoisotopic (exact) mass is 597 g/mol. The van der Waals surface area contributed by atoms with E-state index in [1.54, 1.807) is 11.8 Å². The largest absolute Gasteiger partial charge is 0.417 e. The molecule has 13 heteroatoms. The molecule has 1 atom stereocenters. The Labute approximate surface area is 230 Å². The molecule has 0 spiro atoms. The van der Waals surface area contributed by atoms with Crippen LogP contribution in [0.25, 0.3) is 0 Å². The molecular formula is C25H26ClF6N3OS2. The van der Waals surface area contributed by atoms with Crippen molar-refractivity contribution in [3.8, 4) is 0 Å². The fraction of sp³-hybridized carbons (Fsp3) is 0.440. The summed E-state index contributed by atoms with van der Waals surface area (Å²) >= 11 is 8.55. The molecule has 0 radical (unpaired) electrons. The molecule has 1 unspecified atom stereocenters. The Morgan fingerprint density at radius 3 is 2.32 bits per heavy atom. The van der Waals surface area contributed by atoms with E-state index in [0.717, 1.165) is 36.1 Å². The lowest BCUT2D eigenvalue weighted by Gasteiger charge is -2.27. The van der Waals surface area contributed by atoms with Crippen LogP contribution in [-0.4, -0.2) is 48.0 Å². The maximum absolute atomic E-state index is 13.2. The lowest BCUT2D eigenvalue weighted by Crippen LogP contribution is -2.35. The number of benzene rings is 2. The average Bonchev–Trinajstić information content (AvgIpc) is 3.13. The van der Waals surface area contributed by atoms with E-state index in [0.29, 0.717) is 24.2 Å². The average molecular weight is 598 g/mol. The van der Waals surface area contributed by atoms with Crippen LogP contribution in [0.2, 0.25) is 5.02 Å². The number of nitrogens with zero attached hydrogens (tertiary/aromatic N) is 2. The quantitative estimate of drug-likeness (QED) is 0.181. The summed E-state index contributed by atoms with van der Waals surface area (Å²) in [4.78, 5) is 12.8. The number of amides is 1. The molecule has 0 aromatic heterocycles. The molecule has 1 N–H and O–H groups in total. The van der Waals surface area contributed by atoms with Crippen LogP contribution in [0.3, 0.4) is 0 Å². The van der Waals surface area contributed by atoms with Gasteiger partial charge in [-0.05, 0) is 67.0 Å². The minimum Gasteiger partial charge on any atom is -0.324 e. The van der Waals surface area contributed by atoms with E-state index in [9.17, 15) is 31.1 Å². The number of alkyl halides is 6. The van der Waals surface area contributed by atoms with Crippen LogP contribution in [0.15, 0.2) is 46.4 Å². The van der Waals surface area contributed by atoms with E-state index in [1.165, 1.54) is 35.5 Å². The Balaban J connectivity index is 1.83. The molecule has 2 aromatic carbocycles. The van der Waals surface area contributed by atoms with Gasteiger partial charge in [-0.2, -0.15) is 43.2 Å². The predicted molar refractivity (Wildman–Crippen MR) is 142 cm³/mol. The van der Waals surface area contributed by atoms with Crippen LogP contribution >= 0.6 is 35.1 Å². The number of thioether (sulfide) groups is 2. The summed E-state index contributed by atoms with van der Waals surface area (Å²) in [5.41, 5.74) is -1.10. The lowest BCUT2D eigenvalue weighted by atomic mass is 9.78. The highest BCUT2D eigenvalue weighted by atomic mass is 35.5. The molecule has 1 heterocycles. The van der Waals surface area contributed by atoms with Gasteiger partial charge in [-0.3, -0.25) is 9.80 Å². The van der Waals surface area contributed by atoms with Gasteiger partial charge in [-0.1, -0.05) is 24.6 Å². The second kappa shape index (κ2) is 12.0. The number of carbonyl (C=O) groups is 1. The number of halogens is 7. The smallest absolute Gasteiger partial charge is 0.324 e. The number of carbonyl (C=O) groups excluding carboxylic acids is 1. The summed E-state index contributed by atoms with van der Waals surface area (Å²) in [7, 11) is 0. The van der Waals surface area contributed by atoms with Crippen molar-refractivity contribution in [3.05, 3.63) is 58.1 Å². The van der Waals surface area contributed by atoms with Crippen molar-refractivity contribution in [1.82, 2.24) is 5.01 Å². The Morgan fingerprint density at radius 1 is 1.08 bits per heavy atom. The van der Waals surface area contributed by atoms with Crippen molar-refractivity contribution in [1.29, 1.82) is 0 Å². The summed E-state index contributed by atoms with van der Waals surface area (Å²) in [6, 6.07) is 6.87. The van der Waals surface area contributed by atoms with E-state index in [4.69, 9.17) is 11.6 Å². The van der Waals surface area contributed by atoms with Crippen molar-refractivity contribution in [2.24, 2.45) is 10.5 Å². The zero-order chi connectivity index (χ0) is 28.3. The number of hydrogen-bond donors (Lipinski definition) is 1. The van der Waals surface area contributed by atoms with Gasteiger partial charge in [0, 0.05) is 22.5 Å². The van der Waals surface area contributed by atoms with E-state index in [1.807, 2.05) is 13.2 Å². The lowest BCUT2D eigenvalue weighted by molar-refractivity contribution is -0.140. The highest BCUT2D eigenvalue weighted by molar-refractivity contribution is 7.98. The second-order valence-corrected chi connectivity index (χ2v) is 11.3. The normalized spacial score (nSPS) is 18.1. The van der Waals surface area contributed by atoms with Crippen LogP contribution in [-0.2, 0) is 17.1 Å². The first kappa shape index (κ1) is 30.5. The molecule has 1 amide bonds. The van der Waals surface area contributed by atoms with Gasteiger partial charge in [0.2, 0.25) is 5.91 Å². The SMILES string of the molecule is CSCCCC1(C)CN(CC(=O)Nc2ccc(C(F)(F)F)c(SC)c2)N=C1c1ccc(C(F)(F)F)c(Cl)c1. The summed E-state index contributed by atoms with van der Waals surface area (Å²) in [6.07, 6.45) is -4.10. The first-order valence-corrected chi connectivity index (χ1v) is 14.4. The maximum Gasteiger partial charge on any atom is 0.417 e. The van der Waals surface area contributed by atoms with Crippen LogP contribution in [0.1, 0.15) is 36.5 Å². The molecule has 208 valence electrons. The third-order valence-corrected chi connectivity index (χ3v) is 7.87. The number of anilines is 1. The van der Waals surface area contributed by atoms with E-state index < -0.39 is 39.8 Å². The zero-order valence-electron chi connectivity index (χ0n) is 20.8. The second-order valence-electron chi connectivity index (χ2n) is 9.08. The Bertz CT molecular complexity index is 1200. The molecule has 0 saturated heterocycles. The van der Waals surface area contributed by atoms with Gasteiger partial charge < -0.3 is 5.32 Å². The molecule has 0 saturated carbocycles. The minimum absolute atomic E-state index is 0.0164. The highest BCUT2D eigenvalue weighted by Crippen LogP contribution is 2.40. The van der Waals surface area contributed by atoms with Crippen LogP contribution in [0.4, 0.5) is 32.0 Å². The molecule has 4 nitrogen and oxygen atoms in total. The first-order chi connectivity index (χ1) is 17.7. The molecule has 2 aromatic rings. The minimum atomic E-state index is -4.59. The summed E-state index contributed by atoms with van der Waals surface area (Å²) < 4.78 is 79.1. The molecule has 0 bridgehead atoms. The van der Waals surface area contributed by atoms with Crippen molar-refractivity contribution in [2.45, 2.75) is 37.0 Å². The molecule has 3 rings (SSSR count). The fourth-order valence-corrected chi connectivity index (χ4v) is 5.71. The molecular weight excluding hydrogens is 572 g/mol. The van der Waals surface area contributed by atoms with Gasteiger partial charge in [0.15, 0.2) is 0 Å². The van der Waals surface area contributed by atoms with Crippen LogP contribution in [0.5, 0.6) is 0 Å². The Hall–Kier alpha value is -2.05. The number of rotatable bonds is 9. The Kier molecular flexibility index (Phi) is 9.63. The maximum atomic E-state index is 13.2. The molecule has 1 aliphatic heterocycles. The van der Waals surface area contributed by atoms with Crippen LogP contribution in [0, 0.1) is 5.41 Å². The first-order valence-electron chi connectivity index (χ1n) is 11.4. The third-order valence-electron chi connectivity index (χ3n) is 6.09. The van der Waals surface area contributed by atoms with E-state index in [-0.39, 0.29) is 17.1 Å². The number of hydrogen-bond acceptors (Lipinski definition) is 5. The highest BCUT2D eigenvalue weighted by Gasteiger charge is 2.40. The summed E-state index contributed by atoms with van der Waals surface area (Å²) in [6.45, 7) is 2.09. The van der Waals surface area contributed by atoms with Crippen molar-refractivity contribution in [3.63, 3.8) is 0 Å². The Morgan fingerprint density at radius 2 is 1.74 bits per heavy atom. The number of nitrogens with one attached hydrogen (secondary N) is 1. The fourth-order valence-electron chi connectivity index (χ4n) is 4.34. The van der Waals surface area contributed by atoms with Crippen molar-refractivity contribution >= 4 is 52.4 Å². The third kappa shape index (κ3) is 7.32. The van der Waals surface area contributed by atoms with Gasteiger partial charge in [0.05, 0.1) is 21.9 Å². The molecule has 1 aliphatic rings. The van der Waals surface area contributed by atoms with E-state index >= 15 is 0 Å². The topological polar surface area (TPSA) is 44.7 Å². The molecule has 0 aliphatic carbocycles. The van der Waals surface area contributed by atoms with E-state index in [2.05, 4.69) is 10.4 Å². The number of hydrazone groups is 1. The van der Waals surface area contributed by atoms with Crippen molar-refractivity contribution in [2.75, 3.05) is 36.7 Å². The predicted octanol–water partition coefficient (Wildman–Crippen LogP) is 7.91. The van der Waals surface area contributed by atoms with Gasteiger partial charge in [0.25, 0.3) is 0 Å². The van der Waals surface area contributed by atoms with Gasteiger partial charge in [0.1, 0.15) is 6.54 Å². The zero-order valence-corrected chi connectivity index (χ0v) is 23.2. The van der Waals surface area contributed by atoms with Gasteiger partial charge in [-0.25, -0.2) is 0 Å². The molecule has 0 fully saturated rings. The van der Waals surface area contributed by atoms with Crippen molar-refractivity contribution < 1.29 is 31.1 Å². The standard InChI is InChI=1S/C25H26ClF6N3OS2/c1-23(9-4-10-37-2)14-35(34-22(23)15-5-7-17(19(26)11-15)24(27,28)29)13-21(36)33-16-6-8-18(25(30,31)32)20(12-16)38-3/h5-8,11-12H,4,9-10,13-14H2,1-3H3,(H,33,36). The van der Waals surface area contributed by atoms with Gasteiger partial charge in [-0.15, -0.1) is 11.8 Å².